The number of anilines is 2. The van der Waals surface area contributed by atoms with Gasteiger partial charge < -0.3 is 19.4 Å². The van der Waals surface area contributed by atoms with Crippen molar-refractivity contribution in [2.75, 3.05) is 11.9 Å². The number of pyridine rings is 1. The number of esters is 1. The number of aromatic nitrogens is 2. The number of rotatable bonds is 7. The number of hydrogen-bond acceptors (Lipinski definition) is 5. The highest BCUT2D eigenvalue weighted by atomic mass is 16.6. The molecule has 2 aromatic heterocycles. The number of ether oxygens (including phenoxy) is 2. The molecule has 6 rings (SSSR count). The molecule has 1 atom stereocenters. The van der Waals surface area contributed by atoms with E-state index in [9.17, 15) is 4.79 Å². The van der Waals surface area contributed by atoms with E-state index in [2.05, 4.69) is 35.9 Å². The van der Waals surface area contributed by atoms with E-state index in [1.54, 1.807) is 18.3 Å². The molecule has 1 N–H and O–H groups in total. The van der Waals surface area contributed by atoms with Crippen LogP contribution in [0, 0.1) is 6.92 Å². The number of hydrogen-bond donors (Lipinski definition) is 1. The first kappa shape index (κ1) is 23.8. The molecule has 6 heteroatoms. The molecule has 1 aliphatic heterocycles. The summed E-state index contributed by atoms with van der Waals surface area (Å²) in [6.45, 7) is 7.40. The molecule has 190 valence electrons. The van der Waals surface area contributed by atoms with Gasteiger partial charge in [-0.25, -0.2) is 4.79 Å². The third-order valence-electron chi connectivity index (χ3n) is 7.23. The van der Waals surface area contributed by atoms with Crippen LogP contribution in [-0.4, -0.2) is 22.1 Å². The monoisotopic (exact) mass is 503 g/mol. The first-order chi connectivity index (χ1) is 18.6. The van der Waals surface area contributed by atoms with Crippen molar-refractivity contribution in [2.45, 2.75) is 32.9 Å². The van der Waals surface area contributed by atoms with Crippen LogP contribution in [0.4, 0.5) is 11.4 Å². The lowest BCUT2D eigenvalue weighted by Gasteiger charge is -2.31. The molecule has 0 saturated heterocycles. The lowest BCUT2D eigenvalue weighted by molar-refractivity contribution is 0.0238. The number of cyclic esters (lactones) is 1. The largest absolute Gasteiger partial charge is 0.493 e. The Labute approximate surface area is 221 Å². The van der Waals surface area contributed by atoms with Crippen LogP contribution in [0.15, 0.2) is 91.1 Å². The molecule has 38 heavy (non-hydrogen) atoms. The number of fused-ring (bicyclic) bond motifs is 2. The minimum atomic E-state index is -1.27. The smallest absolute Gasteiger partial charge is 0.341 e. The second-order valence-electron chi connectivity index (χ2n) is 9.33. The van der Waals surface area contributed by atoms with Crippen LogP contribution in [0.25, 0.3) is 10.9 Å². The van der Waals surface area contributed by atoms with E-state index in [0.29, 0.717) is 23.6 Å². The van der Waals surface area contributed by atoms with Gasteiger partial charge in [0.1, 0.15) is 11.4 Å². The van der Waals surface area contributed by atoms with Crippen molar-refractivity contribution in [2.24, 2.45) is 0 Å². The number of para-hydroxylation sites is 2. The van der Waals surface area contributed by atoms with Crippen LogP contribution < -0.4 is 10.1 Å². The Morgan fingerprint density at radius 3 is 2.53 bits per heavy atom. The second-order valence-corrected chi connectivity index (χ2v) is 9.33. The minimum absolute atomic E-state index is 0.394. The topological polar surface area (TPSA) is 65.4 Å². The van der Waals surface area contributed by atoms with Gasteiger partial charge in [-0.05, 0) is 63.2 Å². The van der Waals surface area contributed by atoms with Crippen LogP contribution in [0.2, 0.25) is 0 Å². The highest BCUT2D eigenvalue weighted by Crippen LogP contribution is 2.52. The van der Waals surface area contributed by atoms with E-state index in [1.165, 1.54) is 0 Å². The Bertz CT molecular complexity index is 1660. The van der Waals surface area contributed by atoms with E-state index in [0.717, 1.165) is 45.6 Å². The summed E-state index contributed by atoms with van der Waals surface area (Å²) in [5.41, 5.74) is 5.38. The molecule has 1 aliphatic rings. The van der Waals surface area contributed by atoms with Crippen LogP contribution in [0.5, 0.6) is 5.75 Å². The number of nitrogens with zero attached hydrogens (tertiary/aromatic N) is 2. The van der Waals surface area contributed by atoms with Gasteiger partial charge in [-0.15, -0.1) is 0 Å². The molecule has 0 amide bonds. The highest BCUT2D eigenvalue weighted by Gasteiger charge is 2.53. The average Bonchev–Trinajstić information content (AvgIpc) is 3.40. The molecule has 3 heterocycles. The zero-order valence-corrected chi connectivity index (χ0v) is 21.7. The quantitative estimate of drug-likeness (QED) is 0.243. The van der Waals surface area contributed by atoms with Crippen molar-refractivity contribution < 1.29 is 14.3 Å². The van der Waals surface area contributed by atoms with Crippen molar-refractivity contribution >= 4 is 28.2 Å². The number of carbonyl (C=O) groups excluding carboxylic acids is 1. The summed E-state index contributed by atoms with van der Waals surface area (Å²) in [4.78, 5) is 18.2. The van der Waals surface area contributed by atoms with Crippen LogP contribution in [0.3, 0.4) is 0 Å². The summed E-state index contributed by atoms with van der Waals surface area (Å²) >= 11 is 0. The summed E-state index contributed by atoms with van der Waals surface area (Å²) in [6, 6.07) is 27.7. The molecule has 0 aliphatic carbocycles. The fourth-order valence-electron chi connectivity index (χ4n) is 5.72. The molecular weight excluding hydrogens is 474 g/mol. The summed E-state index contributed by atoms with van der Waals surface area (Å²) in [5.74, 6) is 0.238. The van der Waals surface area contributed by atoms with Gasteiger partial charge in [-0.3, -0.25) is 4.98 Å². The third kappa shape index (κ3) is 3.56. The van der Waals surface area contributed by atoms with Gasteiger partial charge in [0.25, 0.3) is 0 Å². The van der Waals surface area contributed by atoms with Gasteiger partial charge in [-0.2, -0.15) is 0 Å². The van der Waals surface area contributed by atoms with Gasteiger partial charge in [0.05, 0.1) is 12.2 Å². The van der Waals surface area contributed by atoms with Gasteiger partial charge in [-0.1, -0.05) is 36.4 Å². The van der Waals surface area contributed by atoms with Gasteiger partial charge in [0.15, 0.2) is 0 Å². The van der Waals surface area contributed by atoms with Crippen molar-refractivity contribution in [3.63, 3.8) is 0 Å². The first-order valence-electron chi connectivity index (χ1n) is 12.9. The molecule has 0 fully saturated rings. The summed E-state index contributed by atoms with van der Waals surface area (Å²) < 4.78 is 15.0. The summed E-state index contributed by atoms with van der Waals surface area (Å²) in [6.07, 6.45) is 1.72. The maximum Gasteiger partial charge on any atom is 0.341 e. The predicted octanol–water partition coefficient (Wildman–Crippen LogP) is 6.97. The number of benzene rings is 3. The molecule has 6 nitrogen and oxygen atoms in total. The Hall–Kier alpha value is -4.58. The van der Waals surface area contributed by atoms with Crippen LogP contribution in [-0.2, 0) is 16.9 Å². The third-order valence-corrected chi connectivity index (χ3v) is 7.23. The minimum Gasteiger partial charge on any atom is -0.493 e. The van der Waals surface area contributed by atoms with Crippen molar-refractivity contribution in [3.8, 4) is 5.75 Å². The Balaban J connectivity index is 1.65. The molecule has 0 saturated carbocycles. The lowest BCUT2D eigenvalue weighted by atomic mass is 9.80. The molecule has 0 spiro atoms. The normalized spacial score (nSPS) is 16.3. The van der Waals surface area contributed by atoms with Gasteiger partial charge in [0, 0.05) is 57.9 Å². The number of nitrogens with one attached hydrogen (secondary N) is 1. The molecule has 3 aromatic carbocycles. The molecule has 0 radical (unpaired) electrons. The fourth-order valence-corrected chi connectivity index (χ4v) is 5.72. The fraction of sp³-hybridized carbons (Fsp3) is 0.188. The van der Waals surface area contributed by atoms with Gasteiger partial charge in [0.2, 0.25) is 5.60 Å². The maximum absolute atomic E-state index is 13.4. The van der Waals surface area contributed by atoms with Crippen molar-refractivity contribution in [3.05, 3.63) is 119 Å². The van der Waals surface area contributed by atoms with Crippen LogP contribution >= 0.6 is 0 Å². The molecular formula is C32H29N3O3. The second kappa shape index (κ2) is 9.38. The summed E-state index contributed by atoms with van der Waals surface area (Å²) in [5, 5.41) is 4.47. The predicted molar refractivity (Wildman–Crippen MR) is 149 cm³/mol. The van der Waals surface area contributed by atoms with E-state index in [4.69, 9.17) is 14.5 Å². The maximum atomic E-state index is 13.4. The highest BCUT2D eigenvalue weighted by molar-refractivity contribution is 5.98. The van der Waals surface area contributed by atoms with E-state index < -0.39 is 11.6 Å². The van der Waals surface area contributed by atoms with Gasteiger partial charge >= 0.3 is 5.97 Å². The summed E-state index contributed by atoms with van der Waals surface area (Å²) in [7, 11) is 0. The first-order valence-corrected chi connectivity index (χ1v) is 12.9. The molecule has 1 unspecified atom stereocenters. The SMILES string of the molecule is CCOc1cc(Nc2ccccc2)ccc1C1(c2c(C)n(CC)c3ccccc23)OC(=O)c2cccnc21. The van der Waals surface area contributed by atoms with Crippen molar-refractivity contribution in [1.82, 2.24) is 9.55 Å². The van der Waals surface area contributed by atoms with E-state index in [-0.39, 0.29) is 0 Å². The molecule has 5 aromatic rings. The van der Waals surface area contributed by atoms with Crippen molar-refractivity contribution in [1.29, 1.82) is 0 Å². The standard InChI is InChI=1S/C32H29N3O3/c1-4-35-21(3)29(24-14-9-10-16-27(24)35)32(30-25(31(36)38-32)15-11-19-33-30)26-18-17-23(20-28(26)37-5-2)34-22-12-7-6-8-13-22/h6-20,34H,4-5H2,1-3H3. The Kier molecular flexibility index (Phi) is 5.87. The number of carbonyl (C=O) groups is 1. The number of aryl methyl sites for hydroxylation is 1. The Morgan fingerprint density at radius 2 is 1.74 bits per heavy atom. The Morgan fingerprint density at radius 1 is 0.947 bits per heavy atom. The molecule has 0 bridgehead atoms. The van der Waals surface area contributed by atoms with Crippen LogP contribution in [0.1, 0.15) is 46.7 Å². The van der Waals surface area contributed by atoms with E-state index >= 15 is 0 Å². The zero-order chi connectivity index (χ0) is 26.3. The average molecular weight is 504 g/mol. The lowest BCUT2D eigenvalue weighted by Crippen LogP contribution is -2.32. The zero-order valence-electron chi connectivity index (χ0n) is 21.7. The van der Waals surface area contributed by atoms with E-state index in [1.807, 2.05) is 67.6 Å².